The summed E-state index contributed by atoms with van der Waals surface area (Å²) in [4.78, 5) is 12.5. The first-order valence-corrected chi connectivity index (χ1v) is 13.4. The Morgan fingerprint density at radius 3 is 2.31 bits per heavy atom. The molecule has 6 nitrogen and oxygen atoms in total. The SMILES string of the molecule is O=C(CSc1nnc(COc2ccc(C3CCCCC3)cc2)n1-c1ccccc1)Nc1ccccc1. The molecule has 184 valence electrons. The van der Waals surface area contributed by atoms with E-state index in [0.29, 0.717) is 16.9 Å². The molecular weight excluding hydrogens is 468 g/mol. The van der Waals surface area contributed by atoms with Crippen LogP contribution in [0.2, 0.25) is 0 Å². The van der Waals surface area contributed by atoms with Gasteiger partial charge in [-0.3, -0.25) is 9.36 Å². The predicted octanol–water partition coefficient (Wildman–Crippen LogP) is 6.62. The first kappa shape index (κ1) is 24.1. The van der Waals surface area contributed by atoms with Crippen LogP contribution in [0.5, 0.6) is 5.75 Å². The molecule has 1 heterocycles. The van der Waals surface area contributed by atoms with E-state index in [1.807, 2.05) is 65.2 Å². The van der Waals surface area contributed by atoms with Gasteiger partial charge in [-0.25, -0.2) is 0 Å². The number of carbonyl (C=O) groups excluding carboxylic acids is 1. The van der Waals surface area contributed by atoms with E-state index in [9.17, 15) is 4.79 Å². The van der Waals surface area contributed by atoms with Crippen LogP contribution in [0.3, 0.4) is 0 Å². The number of hydrogen-bond acceptors (Lipinski definition) is 5. The van der Waals surface area contributed by atoms with Gasteiger partial charge in [-0.15, -0.1) is 10.2 Å². The molecule has 1 aliphatic carbocycles. The number of para-hydroxylation sites is 2. The van der Waals surface area contributed by atoms with Gasteiger partial charge in [0, 0.05) is 11.4 Å². The molecule has 0 atom stereocenters. The van der Waals surface area contributed by atoms with Crippen LogP contribution in [-0.2, 0) is 11.4 Å². The Balaban J connectivity index is 1.26. The molecule has 36 heavy (non-hydrogen) atoms. The molecule has 1 fully saturated rings. The van der Waals surface area contributed by atoms with Gasteiger partial charge in [0.1, 0.15) is 12.4 Å². The zero-order valence-electron chi connectivity index (χ0n) is 20.2. The molecule has 3 aromatic carbocycles. The Kier molecular flexibility index (Phi) is 7.98. The van der Waals surface area contributed by atoms with Crippen LogP contribution in [0, 0.1) is 0 Å². The quantitative estimate of drug-likeness (QED) is 0.263. The number of thioether (sulfide) groups is 1. The molecule has 1 aliphatic rings. The Bertz CT molecular complexity index is 1250. The Hall–Kier alpha value is -3.58. The van der Waals surface area contributed by atoms with Crippen LogP contribution < -0.4 is 10.1 Å². The molecule has 1 amide bonds. The van der Waals surface area contributed by atoms with E-state index < -0.39 is 0 Å². The fraction of sp³-hybridized carbons (Fsp3) is 0.276. The molecule has 0 saturated heterocycles. The topological polar surface area (TPSA) is 69.0 Å². The van der Waals surface area contributed by atoms with Gasteiger partial charge >= 0.3 is 0 Å². The molecule has 4 aromatic rings. The van der Waals surface area contributed by atoms with Gasteiger partial charge in [0.05, 0.1) is 5.75 Å². The number of anilines is 1. The lowest BCUT2D eigenvalue weighted by Gasteiger charge is -2.22. The molecule has 7 heteroatoms. The fourth-order valence-electron chi connectivity index (χ4n) is 4.59. The van der Waals surface area contributed by atoms with Crippen molar-refractivity contribution in [3.8, 4) is 11.4 Å². The van der Waals surface area contributed by atoms with Crippen molar-refractivity contribution in [1.29, 1.82) is 0 Å². The van der Waals surface area contributed by atoms with E-state index in [0.717, 1.165) is 17.1 Å². The molecular formula is C29H30N4O2S. The zero-order valence-corrected chi connectivity index (χ0v) is 21.0. The summed E-state index contributed by atoms with van der Waals surface area (Å²) in [6.45, 7) is 0.279. The average molecular weight is 499 g/mol. The molecule has 0 spiro atoms. The molecule has 0 radical (unpaired) electrons. The molecule has 0 unspecified atom stereocenters. The highest BCUT2D eigenvalue weighted by Crippen LogP contribution is 2.33. The largest absolute Gasteiger partial charge is 0.486 e. The van der Waals surface area contributed by atoms with Gasteiger partial charge in [0.2, 0.25) is 5.91 Å². The van der Waals surface area contributed by atoms with Crippen LogP contribution in [-0.4, -0.2) is 26.4 Å². The van der Waals surface area contributed by atoms with Crippen molar-refractivity contribution in [2.75, 3.05) is 11.1 Å². The van der Waals surface area contributed by atoms with Gasteiger partial charge in [-0.1, -0.05) is 79.6 Å². The van der Waals surface area contributed by atoms with Crippen molar-refractivity contribution in [3.05, 3.63) is 96.3 Å². The normalized spacial score (nSPS) is 13.9. The maximum absolute atomic E-state index is 12.5. The molecule has 1 saturated carbocycles. The summed E-state index contributed by atoms with van der Waals surface area (Å²) in [5.74, 6) is 2.30. The summed E-state index contributed by atoms with van der Waals surface area (Å²) in [7, 11) is 0. The van der Waals surface area contributed by atoms with E-state index in [4.69, 9.17) is 4.74 Å². The highest BCUT2D eigenvalue weighted by atomic mass is 32.2. The molecule has 1 aromatic heterocycles. The maximum Gasteiger partial charge on any atom is 0.234 e. The maximum atomic E-state index is 12.5. The number of benzene rings is 3. The second-order valence-corrected chi connectivity index (χ2v) is 9.91. The van der Waals surface area contributed by atoms with Gasteiger partial charge < -0.3 is 10.1 Å². The van der Waals surface area contributed by atoms with Crippen molar-refractivity contribution in [1.82, 2.24) is 14.8 Å². The molecule has 0 aliphatic heterocycles. The van der Waals surface area contributed by atoms with E-state index in [1.54, 1.807) is 0 Å². The highest BCUT2D eigenvalue weighted by molar-refractivity contribution is 7.99. The Labute approximate surface area is 216 Å². The number of ether oxygens (including phenoxy) is 1. The van der Waals surface area contributed by atoms with Crippen LogP contribution in [0.25, 0.3) is 5.69 Å². The standard InChI is InChI=1S/C29H30N4O2S/c34-28(30-24-12-6-2-7-13-24)21-36-29-32-31-27(33(29)25-14-8-3-9-15-25)20-35-26-18-16-23(17-19-26)22-10-4-1-5-11-22/h2-3,6-9,12-19,22H,1,4-5,10-11,20-21H2,(H,30,34). The van der Waals surface area contributed by atoms with E-state index >= 15 is 0 Å². The van der Waals surface area contributed by atoms with Crippen molar-refractivity contribution < 1.29 is 9.53 Å². The number of nitrogens with zero attached hydrogens (tertiary/aromatic N) is 3. The fourth-order valence-corrected chi connectivity index (χ4v) is 5.36. The minimum Gasteiger partial charge on any atom is -0.486 e. The number of nitrogens with one attached hydrogen (secondary N) is 1. The monoisotopic (exact) mass is 498 g/mol. The second-order valence-electron chi connectivity index (χ2n) is 8.97. The van der Waals surface area contributed by atoms with Crippen molar-refractivity contribution in [2.45, 2.75) is 49.8 Å². The average Bonchev–Trinajstić information content (AvgIpc) is 3.35. The third-order valence-corrected chi connectivity index (χ3v) is 7.36. The number of hydrogen-bond donors (Lipinski definition) is 1. The van der Waals surface area contributed by atoms with E-state index in [2.05, 4.69) is 39.8 Å². The van der Waals surface area contributed by atoms with Crippen LogP contribution in [0.4, 0.5) is 5.69 Å². The Morgan fingerprint density at radius 1 is 0.889 bits per heavy atom. The lowest BCUT2D eigenvalue weighted by Crippen LogP contribution is -2.14. The lowest BCUT2D eigenvalue weighted by molar-refractivity contribution is -0.113. The number of carbonyl (C=O) groups is 1. The van der Waals surface area contributed by atoms with E-state index in [-0.39, 0.29) is 18.3 Å². The lowest BCUT2D eigenvalue weighted by atomic mass is 9.84. The minimum absolute atomic E-state index is 0.0929. The minimum atomic E-state index is -0.0929. The van der Waals surface area contributed by atoms with Gasteiger partial charge in [-0.2, -0.15) is 0 Å². The number of aromatic nitrogens is 3. The number of amides is 1. The zero-order chi connectivity index (χ0) is 24.6. The molecule has 0 bridgehead atoms. The van der Waals surface area contributed by atoms with Crippen molar-refractivity contribution in [3.63, 3.8) is 0 Å². The predicted molar refractivity (Wildman–Crippen MR) is 144 cm³/mol. The van der Waals surface area contributed by atoms with Crippen LogP contribution >= 0.6 is 11.8 Å². The summed E-state index contributed by atoms with van der Waals surface area (Å²) < 4.78 is 8.06. The van der Waals surface area contributed by atoms with Gasteiger partial charge in [0.15, 0.2) is 11.0 Å². The van der Waals surface area contributed by atoms with Crippen LogP contribution in [0.15, 0.2) is 90.1 Å². The first-order valence-electron chi connectivity index (χ1n) is 12.5. The number of rotatable bonds is 9. The van der Waals surface area contributed by atoms with Crippen molar-refractivity contribution >= 4 is 23.4 Å². The first-order chi connectivity index (χ1) is 17.8. The molecule has 1 N–H and O–H groups in total. The highest BCUT2D eigenvalue weighted by Gasteiger charge is 2.18. The van der Waals surface area contributed by atoms with Gasteiger partial charge in [-0.05, 0) is 60.7 Å². The summed E-state index contributed by atoms with van der Waals surface area (Å²) >= 11 is 1.35. The summed E-state index contributed by atoms with van der Waals surface area (Å²) in [5.41, 5.74) is 3.11. The second kappa shape index (κ2) is 11.9. The third kappa shape index (κ3) is 6.15. The Morgan fingerprint density at radius 2 is 1.58 bits per heavy atom. The third-order valence-electron chi connectivity index (χ3n) is 6.43. The summed E-state index contributed by atoms with van der Waals surface area (Å²) in [6.07, 6.45) is 6.57. The van der Waals surface area contributed by atoms with Crippen LogP contribution in [0.1, 0.15) is 49.4 Å². The smallest absolute Gasteiger partial charge is 0.234 e. The van der Waals surface area contributed by atoms with E-state index in [1.165, 1.54) is 49.4 Å². The molecule has 5 rings (SSSR count). The summed E-state index contributed by atoms with van der Waals surface area (Å²) in [5, 5.41) is 12.3. The van der Waals surface area contributed by atoms with Crippen molar-refractivity contribution in [2.24, 2.45) is 0 Å². The van der Waals surface area contributed by atoms with Gasteiger partial charge in [0.25, 0.3) is 0 Å². The summed E-state index contributed by atoms with van der Waals surface area (Å²) in [6, 6.07) is 27.8.